The largest absolute Gasteiger partial charge is 0.497 e. The minimum Gasteiger partial charge on any atom is -0.497 e. The zero-order valence-corrected chi connectivity index (χ0v) is 19.4. The average Bonchev–Trinajstić information content (AvgIpc) is 3.54. The highest BCUT2D eigenvalue weighted by atomic mass is 16.5. The third kappa shape index (κ3) is 3.57. The van der Waals surface area contributed by atoms with E-state index in [2.05, 4.69) is 25.8 Å². The fourth-order valence-corrected chi connectivity index (χ4v) is 4.96. The summed E-state index contributed by atoms with van der Waals surface area (Å²) < 4.78 is 13.0. The van der Waals surface area contributed by atoms with Gasteiger partial charge in [0.25, 0.3) is 0 Å². The van der Waals surface area contributed by atoms with E-state index in [0.29, 0.717) is 0 Å². The zero-order chi connectivity index (χ0) is 23.1. The van der Waals surface area contributed by atoms with Crippen molar-refractivity contribution in [2.75, 3.05) is 50.2 Å². The van der Waals surface area contributed by atoms with Crippen molar-refractivity contribution in [3.63, 3.8) is 0 Å². The number of methoxy groups -OCH3 is 2. The molecule has 0 spiro atoms. The van der Waals surface area contributed by atoms with Gasteiger partial charge in [-0.3, -0.25) is 0 Å². The number of piperazine rings is 1. The molecule has 1 aromatic carbocycles. The Bertz CT molecular complexity index is 1310. The number of rotatable bonds is 5. The number of nitrogens with zero attached hydrogens (tertiary/aromatic N) is 7. The van der Waals surface area contributed by atoms with E-state index in [0.717, 1.165) is 79.8 Å². The van der Waals surface area contributed by atoms with Gasteiger partial charge in [0, 0.05) is 67.5 Å². The molecular formula is C25H27N7O2. The van der Waals surface area contributed by atoms with Crippen LogP contribution in [0.5, 0.6) is 11.5 Å². The molecule has 0 radical (unpaired) electrons. The highest BCUT2D eigenvalue weighted by molar-refractivity contribution is 5.70. The van der Waals surface area contributed by atoms with Crippen molar-refractivity contribution >= 4 is 17.4 Å². The molecule has 1 aliphatic heterocycles. The molecule has 1 fully saturated rings. The zero-order valence-electron chi connectivity index (χ0n) is 19.4. The predicted octanol–water partition coefficient (Wildman–Crippen LogP) is 3.02. The summed E-state index contributed by atoms with van der Waals surface area (Å²) in [6.45, 7) is 3.49. The Labute approximate surface area is 198 Å². The molecule has 4 aromatic rings. The van der Waals surface area contributed by atoms with Crippen LogP contribution in [0.1, 0.15) is 17.7 Å². The normalized spacial score (nSPS) is 15.6. The minimum absolute atomic E-state index is 0.737. The van der Waals surface area contributed by atoms with Crippen LogP contribution in [0.15, 0.2) is 42.7 Å². The molecule has 0 atom stereocenters. The van der Waals surface area contributed by atoms with Crippen LogP contribution in [0.3, 0.4) is 0 Å². The van der Waals surface area contributed by atoms with Crippen molar-refractivity contribution < 1.29 is 9.47 Å². The number of hydrogen-bond donors (Lipinski definition) is 0. The minimum atomic E-state index is 0.737. The number of ether oxygens (including phenoxy) is 2. The molecular weight excluding hydrogens is 430 g/mol. The predicted molar refractivity (Wildman–Crippen MR) is 130 cm³/mol. The topological polar surface area (TPSA) is 80.9 Å². The Morgan fingerprint density at radius 1 is 0.824 bits per heavy atom. The van der Waals surface area contributed by atoms with Gasteiger partial charge < -0.3 is 19.3 Å². The van der Waals surface area contributed by atoms with Crippen molar-refractivity contribution in [1.29, 1.82) is 0 Å². The molecule has 2 aliphatic rings. The van der Waals surface area contributed by atoms with Crippen LogP contribution < -0.4 is 19.3 Å². The van der Waals surface area contributed by atoms with Gasteiger partial charge in [-0.1, -0.05) is 0 Å². The molecule has 174 valence electrons. The van der Waals surface area contributed by atoms with E-state index in [4.69, 9.17) is 19.6 Å². The maximum absolute atomic E-state index is 5.47. The molecule has 34 heavy (non-hydrogen) atoms. The Morgan fingerprint density at radius 3 is 2.24 bits per heavy atom. The quantitative estimate of drug-likeness (QED) is 0.452. The third-order valence-corrected chi connectivity index (χ3v) is 6.66. The average molecular weight is 458 g/mol. The highest BCUT2D eigenvalue weighted by Gasteiger charge is 2.28. The number of benzene rings is 1. The molecule has 1 saturated heterocycles. The number of hydrogen-bond acceptors (Lipinski definition) is 8. The molecule has 1 aliphatic carbocycles. The second-order valence-electron chi connectivity index (χ2n) is 8.64. The number of anilines is 2. The summed E-state index contributed by atoms with van der Waals surface area (Å²) in [7, 11) is 3.32. The van der Waals surface area contributed by atoms with Gasteiger partial charge in [0.15, 0.2) is 5.65 Å². The molecule has 0 N–H and O–H groups in total. The van der Waals surface area contributed by atoms with E-state index in [1.54, 1.807) is 26.6 Å². The van der Waals surface area contributed by atoms with Crippen LogP contribution in [0.2, 0.25) is 0 Å². The molecule has 0 amide bonds. The van der Waals surface area contributed by atoms with Crippen LogP contribution in [-0.2, 0) is 12.8 Å². The van der Waals surface area contributed by atoms with Crippen LogP contribution in [0.4, 0.5) is 11.8 Å². The van der Waals surface area contributed by atoms with Crippen LogP contribution >= 0.6 is 0 Å². The van der Waals surface area contributed by atoms with Crippen LogP contribution in [0.25, 0.3) is 16.9 Å². The van der Waals surface area contributed by atoms with Crippen LogP contribution in [0, 0.1) is 0 Å². The molecule has 0 saturated carbocycles. The SMILES string of the molecule is COc1cc(OC)cc(-c2cc3nc4c(c(N5CCN(c6ncccn6)CC5)n3n2)CCC4)c1. The molecule has 6 rings (SSSR count). The maximum Gasteiger partial charge on any atom is 0.225 e. The summed E-state index contributed by atoms with van der Waals surface area (Å²) >= 11 is 0. The van der Waals surface area contributed by atoms with Gasteiger partial charge in [-0.2, -0.15) is 9.61 Å². The van der Waals surface area contributed by atoms with Crippen molar-refractivity contribution in [2.45, 2.75) is 19.3 Å². The summed E-state index contributed by atoms with van der Waals surface area (Å²) in [5, 5.41) is 5.03. The monoisotopic (exact) mass is 457 g/mol. The van der Waals surface area contributed by atoms with E-state index in [9.17, 15) is 0 Å². The first-order valence-electron chi connectivity index (χ1n) is 11.7. The fraction of sp³-hybridized carbons (Fsp3) is 0.360. The van der Waals surface area contributed by atoms with Gasteiger partial charge in [0.1, 0.15) is 17.3 Å². The summed E-state index contributed by atoms with van der Waals surface area (Å²) in [6.07, 6.45) is 6.79. The van der Waals surface area contributed by atoms with Crippen molar-refractivity contribution in [3.8, 4) is 22.8 Å². The van der Waals surface area contributed by atoms with Gasteiger partial charge in [-0.25, -0.2) is 15.0 Å². The fourth-order valence-electron chi connectivity index (χ4n) is 4.96. The van der Waals surface area contributed by atoms with Gasteiger partial charge in [0.2, 0.25) is 5.95 Å². The lowest BCUT2D eigenvalue weighted by Crippen LogP contribution is -2.48. The first kappa shape index (κ1) is 20.7. The smallest absolute Gasteiger partial charge is 0.225 e. The third-order valence-electron chi connectivity index (χ3n) is 6.66. The Hall–Kier alpha value is -3.88. The lowest BCUT2D eigenvalue weighted by atomic mass is 10.1. The Kier molecular flexibility index (Phi) is 5.16. The number of fused-ring (bicyclic) bond motifs is 2. The second kappa shape index (κ2) is 8.48. The van der Waals surface area contributed by atoms with E-state index >= 15 is 0 Å². The maximum atomic E-state index is 5.47. The summed E-state index contributed by atoms with van der Waals surface area (Å²) in [4.78, 5) is 18.5. The van der Waals surface area contributed by atoms with E-state index in [1.165, 1.54) is 17.1 Å². The lowest BCUT2D eigenvalue weighted by molar-refractivity contribution is 0.394. The number of aromatic nitrogens is 5. The summed E-state index contributed by atoms with van der Waals surface area (Å²) in [6, 6.07) is 9.74. The summed E-state index contributed by atoms with van der Waals surface area (Å²) in [5.41, 5.74) is 5.20. The van der Waals surface area contributed by atoms with Gasteiger partial charge in [-0.15, -0.1) is 0 Å². The molecule has 9 heteroatoms. The van der Waals surface area contributed by atoms with Crippen molar-refractivity contribution in [1.82, 2.24) is 24.6 Å². The molecule has 4 heterocycles. The highest BCUT2D eigenvalue weighted by Crippen LogP contribution is 2.35. The first-order valence-corrected chi connectivity index (χ1v) is 11.7. The van der Waals surface area contributed by atoms with Gasteiger partial charge >= 0.3 is 0 Å². The van der Waals surface area contributed by atoms with E-state index in [-0.39, 0.29) is 0 Å². The lowest BCUT2D eigenvalue weighted by Gasteiger charge is -2.36. The molecule has 0 bridgehead atoms. The Balaban J connectivity index is 1.38. The first-order chi connectivity index (χ1) is 16.7. The molecule has 3 aromatic heterocycles. The number of aryl methyl sites for hydroxylation is 1. The van der Waals surface area contributed by atoms with Gasteiger partial charge in [0.05, 0.1) is 19.9 Å². The Morgan fingerprint density at radius 2 is 1.53 bits per heavy atom. The van der Waals surface area contributed by atoms with E-state index < -0.39 is 0 Å². The van der Waals surface area contributed by atoms with Crippen molar-refractivity contribution in [2.24, 2.45) is 0 Å². The molecule has 0 unspecified atom stereocenters. The van der Waals surface area contributed by atoms with E-state index in [1.807, 2.05) is 28.8 Å². The van der Waals surface area contributed by atoms with Gasteiger partial charge in [-0.05, 0) is 37.5 Å². The second-order valence-corrected chi connectivity index (χ2v) is 8.64. The standard InChI is InChI=1S/C25H27N7O2/c1-33-18-13-17(14-19(15-18)34-2)22-16-23-28-21-6-3-5-20(21)24(32(23)29-22)30-9-11-31(12-10-30)25-26-7-4-8-27-25/h4,7-8,13-16H,3,5-6,9-12H2,1-2H3. The summed E-state index contributed by atoms with van der Waals surface area (Å²) in [5.74, 6) is 3.44. The van der Waals surface area contributed by atoms with Crippen LogP contribution in [-0.4, -0.2) is 65.0 Å². The van der Waals surface area contributed by atoms with Crippen molar-refractivity contribution in [3.05, 3.63) is 54.0 Å². The molecule has 9 nitrogen and oxygen atoms in total.